The maximum atomic E-state index is 13.4. The molecule has 5 heteroatoms. The molecule has 4 nitrogen and oxygen atoms in total. The Morgan fingerprint density at radius 3 is 2.27 bits per heavy atom. The molecular formula is C10H9FO4. The number of hydrogen-bond acceptors (Lipinski definition) is 2. The lowest BCUT2D eigenvalue weighted by Gasteiger charge is -2.05. The normalized spacial score (nSPS) is 10.0. The van der Waals surface area contributed by atoms with Gasteiger partial charge in [0.25, 0.3) is 0 Å². The molecule has 1 aromatic carbocycles. The van der Waals surface area contributed by atoms with Crippen molar-refractivity contribution < 1.29 is 24.2 Å². The minimum atomic E-state index is -1.47. The van der Waals surface area contributed by atoms with Gasteiger partial charge in [0.05, 0.1) is 11.1 Å². The minimum Gasteiger partial charge on any atom is -0.478 e. The molecule has 0 spiro atoms. The van der Waals surface area contributed by atoms with E-state index in [-0.39, 0.29) is 17.5 Å². The molecule has 0 aliphatic carbocycles. The van der Waals surface area contributed by atoms with Crippen molar-refractivity contribution in [2.75, 3.05) is 0 Å². The first-order valence-corrected chi connectivity index (χ1v) is 4.26. The van der Waals surface area contributed by atoms with E-state index >= 15 is 0 Å². The van der Waals surface area contributed by atoms with E-state index in [1.165, 1.54) is 0 Å². The summed E-state index contributed by atoms with van der Waals surface area (Å²) in [5.41, 5.74) is -0.732. The van der Waals surface area contributed by atoms with Gasteiger partial charge < -0.3 is 10.2 Å². The Balaban J connectivity index is 3.45. The zero-order valence-electron chi connectivity index (χ0n) is 7.95. The lowest BCUT2D eigenvalue weighted by molar-refractivity contribution is 0.0691. The molecule has 2 N–H and O–H groups in total. The van der Waals surface area contributed by atoms with E-state index in [9.17, 15) is 14.0 Å². The average molecular weight is 212 g/mol. The fourth-order valence-electron chi connectivity index (χ4n) is 1.22. The second-order valence-corrected chi connectivity index (χ2v) is 2.96. The summed E-state index contributed by atoms with van der Waals surface area (Å²) in [6.45, 7) is 1.62. The molecule has 0 aliphatic heterocycles. The predicted octanol–water partition coefficient (Wildman–Crippen LogP) is 1.78. The average Bonchev–Trinajstić information content (AvgIpc) is 2.17. The highest BCUT2D eigenvalue weighted by atomic mass is 19.1. The fraction of sp³-hybridized carbons (Fsp3) is 0.200. The Hall–Kier alpha value is -1.91. The Kier molecular flexibility index (Phi) is 3.04. The van der Waals surface area contributed by atoms with E-state index in [2.05, 4.69) is 0 Å². The lowest BCUT2D eigenvalue weighted by Crippen LogP contribution is -2.08. The van der Waals surface area contributed by atoms with Crippen molar-refractivity contribution in [3.05, 3.63) is 34.6 Å². The van der Waals surface area contributed by atoms with Gasteiger partial charge in [0.2, 0.25) is 0 Å². The zero-order valence-corrected chi connectivity index (χ0v) is 7.95. The summed E-state index contributed by atoms with van der Waals surface area (Å²) in [7, 11) is 0. The Morgan fingerprint density at radius 1 is 1.27 bits per heavy atom. The lowest BCUT2D eigenvalue weighted by atomic mass is 10.0. The van der Waals surface area contributed by atoms with Crippen LogP contribution in [0.5, 0.6) is 0 Å². The van der Waals surface area contributed by atoms with E-state index < -0.39 is 23.3 Å². The molecule has 0 heterocycles. The topological polar surface area (TPSA) is 74.6 Å². The number of aromatic carboxylic acids is 2. The van der Waals surface area contributed by atoms with Crippen LogP contribution in [-0.2, 0) is 6.42 Å². The van der Waals surface area contributed by atoms with Crippen LogP contribution in [0, 0.1) is 5.82 Å². The van der Waals surface area contributed by atoms with Crippen molar-refractivity contribution in [1.82, 2.24) is 0 Å². The van der Waals surface area contributed by atoms with Gasteiger partial charge in [-0.3, -0.25) is 0 Å². The van der Waals surface area contributed by atoms with Crippen LogP contribution >= 0.6 is 0 Å². The van der Waals surface area contributed by atoms with Gasteiger partial charge in [0.15, 0.2) is 0 Å². The molecule has 15 heavy (non-hydrogen) atoms. The standard InChI is InChI=1S/C10H9FO4/c1-2-5-3-6(9(12)13)4-7(8(5)11)10(14)15/h3-4H,2H2,1H3,(H,12,13)(H,14,15). The summed E-state index contributed by atoms with van der Waals surface area (Å²) in [5, 5.41) is 17.3. The number of carboxylic acids is 2. The van der Waals surface area contributed by atoms with Gasteiger partial charge in [-0.1, -0.05) is 6.92 Å². The van der Waals surface area contributed by atoms with Crippen LogP contribution in [0.1, 0.15) is 33.2 Å². The molecular weight excluding hydrogens is 203 g/mol. The van der Waals surface area contributed by atoms with Crippen molar-refractivity contribution in [3.63, 3.8) is 0 Å². The highest BCUT2D eigenvalue weighted by Crippen LogP contribution is 2.17. The summed E-state index contributed by atoms with van der Waals surface area (Å²) >= 11 is 0. The molecule has 0 aromatic heterocycles. The van der Waals surface area contributed by atoms with Gasteiger partial charge in [0, 0.05) is 0 Å². The van der Waals surface area contributed by atoms with Crippen LogP contribution in [0.2, 0.25) is 0 Å². The van der Waals surface area contributed by atoms with Crippen LogP contribution in [0.3, 0.4) is 0 Å². The first-order chi connectivity index (χ1) is 6.97. The number of carbonyl (C=O) groups is 2. The SMILES string of the molecule is CCc1cc(C(=O)O)cc(C(=O)O)c1F. The monoisotopic (exact) mass is 212 g/mol. The fourth-order valence-corrected chi connectivity index (χ4v) is 1.22. The second-order valence-electron chi connectivity index (χ2n) is 2.96. The van der Waals surface area contributed by atoms with Crippen molar-refractivity contribution >= 4 is 11.9 Å². The molecule has 0 fully saturated rings. The molecule has 1 aromatic rings. The first-order valence-electron chi connectivity index (χ1n) is 4.26. The molecule has 0 saturated heterocycles. The van der Waals surface area contributed by atoms with Crippen molar-refractivity contribution in [2.24, 2.45) is 0 Å². The third-order valence-corrected chi connectivity index (χ3v) is 2.01. The third-order valence-electron chi connectivity index (χ3n) is 2.01. The maximum Gasteiger partial charge on any atom is 0.338 e. The number of halogens is 1. The second kappa shape index (κ2) is 4.08. The highest BCUT2D eigenvalue weighted by Gasteiger charge is 2.17. The molecule has 0 amide bonds. The van der Waals surface area contributed by atoms with E-state index in [1.807, 2.05) is 0 Å². The molecule has 0 unspecified atom stereocenters. The Bertz CT molecular complexity index is 426. The van der Waals surface area contributed by atoms with Gasteiger partial charge in [-0.15, -0.1) is 0 Å². The molecule has 0 saturated carbocycles. The van der Waals surface area contributed by atoms with Gasteiger partial charge in [-0.2, -0.15) is 0 Å². The van der Waals surface area contributed by atoms with Crippen LogP contribution in [0.25, 0.3) is 0 Å². The number of rotatable bonds is 3. The van der Waals surface area contributed by atoms with Gasteiger partial charge >= 0.3 is 11.9 Å². The Labute approximate surface area is 85.0 Å². The van der Waals surface area contributed by atoms with E-state index in [1.54, 1.807) is 6.92 Å². The maximum absolute atomic E-state index is 13.4. The van der Waals surface area contributed by atoms with E-state index in [4.69, 9.17) is 10.2 Å². The predicted molar refractivity (Wildman–Crippen MR) is 49.7 cm³/mol. The van der Waals surface area contributed by atoms with Crippen molar-refractivity contribution in [3.8, 4) is 0 Å². The van der Waals surface area contributed by atoms with Crippen LogP contribution in [0.4, 0.5) is 4.39 Å². The zero-order chi connectivity index (χ0) is 11.6. The number of aryl methyl sites for hydroxylation is 1. The molecule has 1 rings (SSSR count). The largest absolute Gasteiger partial charge is 0.478 e. The minimum absolute atomic E-state index is 0.0901. The summed E-state index contributed by atoms with van der Waals surface area (Å²) in [5.74, 6) is -3.60. The summed E-state index contributed by atoms with van der Waals surface area (Å²) in [4.78, 5) is 21.3. The smallest absolute Gasteiger partial charge is 0.338 e. The molecule has 0 bridgehead atoms. The van der Waals surface area contributed by atoms with Gasteiger partial charge in [0.1, 0.15) is 5.82 Å². The molecule has 0 radical (unpaired) electrons. The van der Waals surface area contributed by atoms with Gasteiger partial charge in [-0.25, -0.2) is 14.0 Å². The quantitative estimate of drug-likeness (QED) is 0.800. The van der Waals surface area contributed by atoms with Crippen LogP contribution in [-0.4, -0.2) is 22.2 Å². The number of benzene rings is 1. The van der Waals surface area contributed by atoms with Crippen LogP contribution < -0.4 is 0 Å². The molecule has 0 atom stereocenters. The van der Waals surface area contributed by atoms with Crippen molar-refractivity contribution in [1.29, 1.82) is 0 Å². The molecule has 0 aliphatic rings. The number of carboxylic acid groups (broad SMARTS) is 2. The first kappa shape index (κ1) is 11.2. The van der Waals surface area contributed by atoms with E-state index in [0.29, 0.717) is 0 Å². The van der Waals surface area contributed by atoms with Crippen molar-refractivity contribution in [2.45, 2.75) is 13.3 Å². The third kappa shape index (κ3) is 2.12. The van der Waals surface area contributed by atoms with Crippen LogP contribution in [0.15, 0.2) is 12.1 Å². The van der Waals surface area contributed by atoms with E-state index in [0.717, 1.165) is 12.1 Å². The number of hydrogen-bond donors (Lipinski definition) is 2. The highest BCUT2D eigenvalue weighted by molar-refractivity contribution is 5.94. The van der Waals surface area contributed by atoms with Gasteiger partial charge in [-0.05, 0) is 24.1 Å². The molecule has 80 valence electrons. The Morgan fingerprint density at radius 2 is 1.87 bits per heavy atom. The summed E-state index contributed by atoms with van der Waals surface area (Å²) in [6, 6.07) is 1.96. The summed E-state index contributed by atoms with van der Waals surface area (Å²) in [6.07, 6.45) is 0.243. The summed E-state index contributed by atoms with van der Waals surface area (Å²) < 4.78 is 13.4.